The molecule has 3 rings (SSSR count). The molecule has 0 saturated heterocycles. The Morgan fingerprint density at radius 2 is 1.52 bits per heavy atom. The minimum Gasteiger partial charge on any atom is -0.465 e. The quantitative estimate of drug-likeness (QED) is 0.668. The Morgan fingerprint density at radius 3 is 2.11 bits per heavy atom. The van der Waals surface area contributed by atoms with Gasteiger partial charge >= 0.3 is 5.97 Å². The van der Waals surface area contributed by atoms with Crippen molar-refractivity contribution in [3.63, 3.8) is 0 Å². The van der Waals surface area contributed by atoms with E-state index >= 15 is 0 Å². The van der Waals surface area contributed by atoms with Crippen LogP contribution >= 0.6 is 0 Å². The van der Waals surface area contributed by atoms with E-state index in [2.05, 4.69) is 20.4 Å². The molecule has 2 N–H and O–H groups in total. The van der Waals surface area contributed by atoms with Crippen LogP contribution in [0.4, 0.5) is 21.5 Å². The smallest absolute Gasteiger partial charge is 0.337 e. The summed E-state index contributed by atoms with van der Waals surface area (Å²) in [5, 5.41) is 5.77. The molecule has 0 spiro atoms. The normalized spacial score (nSPS) is 10.1. The number of carbonyl (C=O) groups excluding carboxylic acids is 2. The molecular weight excluding hydrogens is 349 g/mol. The molecule has 0 bridgehead atoms. The number of aromatic nitrogens is 1. The zero-order valence-electron chi connectivity index (χ0n) is 14.4. The van der Waals surface area contributed by atoms with Crippen molar-refractivity contribution in [3.8, 4) is 0 Å². The first-order valence-electron chi connectivity index (χ1n) is 8.03. The van der Waals surface area contributed by atoms with E-state index in [0.717, 1.165) is 0 Å². The molecule has 3 aromatic rings. The van der Waals surface area contributed by atoms with E-state index in [4.69, 9.17) is 0 Å². The number of pyridine rings is 1. The molecule has 0 aliphatic heterocycles. The van der Waals surface area contributed by atoms with Crippen LogP contribution in [-0.4, -0.2) is 24.0 Å². The summed E-state index contributed by atoms with van der Waals surface area (Å²) in [6.07, 6.45) is 1.51. The lowest BCUT2D eigenvalue weighted by molar-refractivity contribution is 0.0600. The van der Waals surface area contributed by atoms with Gasteiger partial charge in [0.05, 0.1) is 24.6 Å². The molecule has 0 fully saturated rings. The Bertz CT molecular complexity index is 940. The molecule has 0 aliphatic carbocycles. The Balaban J connectivity index is 1.63. The highest BCUT2D eigenvalue weighted by Gasteiger charge is 2.09. The average Bonchev–Trinajstić information content (AvgIpc) is 2.70. The third kappa shape index (κ3) is 4.66. The number of benzene rings is 2. The number of carbonyl (C=O) groups is 2. The Hall–Kier alpha value is -3.74. The molecule has 136 valence electrons. The van der Waals surface area contributed by atoms with Gasteiger partial charge in [0.15, 0.2) is 0 Å². The van der Waals surface area contributed by atoms with Gasteiger partial charge in [-0.25, -0.2) is 14.2 Å². The number of hydrogen-bond acceptors (Lipinski definition) is 5. The van der Waals surface area contributed by atoms with Crippen molar-refractivity contribution in [2.24, 2.45) is 0 Å². The third-order valence-corrected chi connectivity index (χ3v) is 3.69. The lowest BCUT2D eigenvalue weighted by atomic mass is 10.2. The summed E-state index contributed by atoms with van der Waals surface area (Å²) in [6, 6.07) is 15.5. The molecule has 0 radical (unpaired) electrons. The van der Waals surface area contributed by atoms with Crippen molar-refractivity contribution < 1.29 is 18.7 Å². The Morgan fingerprint density at radius 1 is 0.889 bits per heavy atom. The summed E-state index contributed by atoms with van der Waals surface area (Å²) >= 11 is 0. The van der Waals surface area contributed by atoms with Crippen molar-refractivity contribution in [1.82, 2.24) is 4.98 Å². The van der Waals surface area contributed by atoms with E-state index in [1.807, 2.05) is 0 Å². The van der Waals surface area contributed by atoms with Crippen LogP contribution in [0.15, 0.2) is 66.9 Å². The van der Waals surface area contributed by atoms with Gasteiger partial charge in [0.1, 0.15) is 11.5 Å². The van der Waals surface area contributed by atoms with Crippen LogP contribution < -0.4 is 10.6 Å². The monoisotopic (exact) mass is 365 g/mol. The maximum Gasteiger partial charge on any atom is 0.337 e. The average molecular weight is 365 g/mol. The number of amides is 1. The van der Waals surface area contributed by atoms with Crippen molar-refractivity contribution in [3.05, 3.63) is 83.9 Å². The zero-order valence-corrected chi connectivity index (χ0v) is 14.4. The van der Waals surface area contributed by atoms with Gasteiger partial charge in [-0.05, 0) is 60.7 Å². The third-order valence-electron chi connectivity index (χ3n) is 3.69. The van der Waals surface area contributed by atoms with E-state index < -0.39 is 5.97 Å². The number of hydrogen-bond donors (Lipinski definition) is 2. The fourth-order valence-corrected chi connectivity index (χ4v) is 2.30. The maximum atomic E-state index is 12.9. The van der Waals surface area contributed by atoms with Gasteiger partial charge in [0.25, 0.3) is 5.91 Å². The van der Waals surface area contributed by atoms with Crippen molar-refractivity contribution >= 4 is 28.9 Å². The molecule has 6 nitrogen and oxygen atoms in total. The second-order valence-electron chi connectivity index (χ2n) is 5.59. The summed E-state index contributed by atoms with van der Waals surface area (Å²) in [4.78, 5) is 27.8. The molecule has 0 saturated carbocycles. The summed E-state index contributed by atoms with van der Waals surface area (Å²) in [5.74, 6) is -1.14. The molecule has 0 atom stereocenters. The zero-order chi connectivity index (χ0) is 19.2. The predicted molar refractivity (Wildman–Crippen MR) is 99.7 cm³/mol. The van der Waals surface area contributed by atoms with E-state index in [9.17, 15) is 14.0 Å². The molecule has 0 aliphatic rings. The van der Waals surface area contributed by atoms with Crippen LogP contribution in [0.2, 0.25) is 0 Å². The number of halogens is 1. The van der Waals surface area contributed by atoms with Gasteiger partial charge in [-0.1, -0.05) is 0 Å². The van der Waals surface area contributed by atoms with E-state index in [1.165, 1.54) is 25.4 Å². The molecule has 27 heavy (non-hydrogen) atoms. The molecule has 1 aromatic heterocycles. The second-order valence-corrected chi connectivity index (χ2v) is 5.59. The molecule has 0 unspecified atom stereocenters. The molecule has 1 amide bonds. The maximum absolute atomic E-state index is 12.9. The first kappa shape index (κ1) is 18.1. The number of ether oxygens (including phenoxy) is 1. The van der Waals surface area contributed by atoms with E-state index in [1.54, 1.807) is 48.5 Å². The molecule has 7 heteroatoms. The second kappa shape index (κ2) is 8.09. The van der Waals surface area contributed by atoms with Crippen molar-refractivity contribution in [2.75, 3.05) is 17.7 Å². The summed E-state index contributed by atoms with van der Waals surface area (Å²) in [5.41, 5.74) is 2.53. The summed E-state index contributed by atoms with van der Waals surface area (Å²) in [6.45, 7) is 0. The van der Waals surface area contributed by atoms with E-state index in [-0.39, 0.29) is 17.4 Å². The van der Waals surface area contributed by atoms with Gasteiger partial charge in [-0.3, -0.25) is 4.79 Å². The van der Waals surface area contributed by atoms with Gasteiger partial charge in [0, 0.05) is 11.4 Å². The fraction of sp³-hybridized carbons (Fsp3) is 0.0500. The number of methoxy groups -OCH3 is 1. The Kier molecular flexibility index (Phi) is 5.41. The number of nitrogens with zero attached hydrogens (tertiary/aromatic N) is 1. The highest BCUT2D eigenvalue weighted by atomic mass is 19.1. The first-order valence-corrected chi connectivity index (χ1v) is 8.03. The largest absolute Gasteiger partial charge is 0.465 e. The molecular formula is C20H16FN3O3. The van der Waals surface area contributed by atoms with Crippen LogP contribution in [0.5, 0.6) is 0 Å². The van der Waals surface area contributed by atoms with Gasteiger partial charge < -0.3 is 15.4 Å². The minimum atomic E-state index is -0.446. The number of esters is 1. The first-order chi connectivity index (χ1) is 13.0. The van der Waals surface area contributed by atoms with Crippen LogP contribution in [0, 0.1) is 5.82 Å². The number of anilines is 3. The van der Waals surface area contributed by atoms with Gasteiger partial charge in [-0.2, -0.15) is 0 Å². The van der Waals surface area contributed by atoms with Crippen molar-refractivity contribution in [1.29, 1.82) is 0 Å². The highest BCUT2D eigenvalue weighted by molar-refractivity contribution is 6.03. The van der Waals surface area contributed by atoms with Gasteiger partial charge in [-0.15, -0.1) is 0 Å². The number of nitrogens with one attached hydrogen (secondary N) is 2. The number of rotatable bonds is 5. The Labute approximate surface area is 155 Å². The predicted octanol–water partition coefficient (Wildman–Crippen LogP) is 4.00. The lowest BCUT2D eigenvalue weighted by Gasteiger charge is -2.08. The lowest BCUT2D eigenvalue weighted by Crippen LogP contribution is -2.13. The standard InChI is InChI=1S/C20H16FN3O3/c1-27-20(26)13-2-6-16(7-3-13)24-19(25)18-11-10-17(12-22-18)23-15-8-4-14(21)5-9-15/h2-12,23H,1H3,(H,24,25). The topological polar surface area (TPSA) is 80.3 Å². The SMILES string of the molecule is COC(=O)c1ccc(NC(=O)c2ccc(Nc3ccc(F)cc3)cn2)cc1. The van der Waals surface area contributed by atoms with Crippen LogP contribution in [-0.2, 0) is 4.74 Å². The minimum absolute atomic E-state index is 0.233. The highest BCUT2D eigenvalue weighted by Crippen LogP contribution is 2.17. The van der Waals surface area contributed by atoms with Crippen LogP contribution in [0.3, 0.4) is 0 Å². The molecule has 1 heterocycles. The van der Waals surface area contributed by atoms with Gasteiger partial charge in [0.2, 0.25) is 0 Å². The fourth-order valence-electron chi connectivity index (χ4n) is 2.30. The summed E-state index contributed by atoms with van der Waals surface area (Å²) in [7, 11) is 1.30. The molecule has 2 aromatic carbocycles. The van der Waals surface area contributed by atoms with Crippen LogP contribution in [0.1, 0.15) is 20.8 Å². The summed E-state index contributed by atoms with van der Waals surface area (Å²) < 4.78 is 17.5. The van der Waals surface area contributed by atoms with Crippen molar-refractivity contribution in [2.45, 2.75) is 0 Å². The van der Waals surface area contributed by atoms with Crippen LogP contribution in [0.25, 0.3) is 0 Å². The van der Waals surface area contributed by atoms with E-state index in [0.29, 0.717) is 22.6 Å².